The van der Waals surface area contributed by atoms with E-state index >= 15 is 0 Å². The highest BCUT2D eigenvalue weighted by Gasteiger charge is 2.38. The van der Waals surface area contributed by atoms with Gasteiger partial charge in [0.1, 0.15) is 5.82 Å². The van der Waals surface area contributed by atoms with Gasteiger partial charge in [-0.05, 0) is 38.2 Å². The molecule has 1 aliphatic carbocycles. The first-order valence-corrected chi connectivity index (χ1v) is 10.8. The standard InChI is InChI=1S/C22H31FN2O4/c23-19-7-2-1-4-15(19)11-25-12-17(26)13-28-14-21-20(25)9-8-18(29-21)10-22(27)24-16-5-3-6-16/h1-2,4,7,16-18,20-21,26H,3,5-6,8-14H2,(H,24,27)/t17-,18-,20-,21+/m0/s1. The first-order chi connectivity index (χ1) is 14.1. The molecule has 1 amide bonds. The van der Waals surface area contributed by atoms with E-state index in [0.29, 0.717) is 37.7 Å². The van der Waals surface area contributed by atoms with Crippen LogP contribution in [0.4, 0.5) is 4.39 Å². The summed E-state index contributed by atoms with van der Waals surface area (Å²) in [5.41, 5.74) is 0.613. The Morgan fingerprint density at radius 3 is 2.79 bits per heavy atom. The second-order valence-corrected chi connectivity index (χ2v) is 8.55. The summed E-state index contributed by atoms with van der Waals surface area (Å²) in [6, 6.07) is 7.11. The van der Waals surface area contributed by atoms with Crippen molar-refractivity contribution in [2.24, 2.45) is 0 Å². The van der Waals surface area contributed by atoms with Gasteiger partial charge in [0.2, 0.25) is 5.91 Å². The van der Waals surface area contributed by atoms with E-state index in [0.717, 1.165) is 25.7 Å². The van der Waals surface area contributed by atoms with Crippen molar-refractivity contribution >= 4 is 5.91 Å². The molecule has 3 aliphatic rings. The van der Waals surface area contributed by atoms with Crippen LogP contribution >= 0.6 is 0 Å². The molecule has 160 valence electrons. The van der Waals surface area contributed by atoms with Crippen LogP contribution in [0.3, 0.4) is 0 Å². The highest BCUT2D eigenvalue weighted by Crippen LogP contribution is 2.29. The van der Waals surface area contributed by atoms with Gasteiger partial charge in [-0.25, -0.2) is 4.39 Å². The Hall–Kier alpha value is -1.54. The molecule has 3 fully saturated rings. The van der Waals surface area contributed by atoms with E-state index in [2.05, 4.69) is 10.2 Å². The summed E-state index contributed by atoms with van der Waals surface area (Å²) in [5.74, 6) is -0.178. The number of amides is 1. The number of nitrogens with one attached hydrogen (secondary N) is 1. The van der Waals surface area contributed by atoms with E-state index in [1.54, 1.807) is 12.1 Å². The Morgan fingerprint density at radius 1 is 1.21 bits per heavy atom. The Labute approximate surface area is 171 Å². The van der Waals surface area contributed by atoms with Crippen LogP contribution in [-0.2, 0) is 20.8 Å². The Kier molecular flexibility index (Phi) is 6.80. The predicted molar refractivity (Wildman–Crippen MR) is 106 cm³/mol. The fourth-order valence-corrected chi connectivity index (χ4v) is 4.52. The Bertz CT molecular complexity index is 699. The van der Waals surface area contributed by atoms with Crippen LogP contribution < -0.4 is 5.32 Å². The van der Waals surface area contributed by atoms with Gasteiger partial charge in [-0.1, -0.05) is 18.2 Å². The molecule has 2 saturated heterocycles. The van der Waals surface area contributed by atoms with Gasteiger partial charge < -0.3 is 19.9 Å². The molecule has 2 aliphatic heterocycles. The summed E-state index contributed by atoms with van der Waals surface area (Å²) >= 11 is 0. The SMILES string of the molecule is O=C(C[C@@H]1CC[C@H]2[C@@H](COC[C@@H](O)CN2Cc2ccccc2F)O1)NC1CCC1. The average Bonchev–Trinajstić information content (AvgIpc) is 2.65. The zero-order chi connectivity index (χ0) is 20.2. The summed E-state index contributed by atoms with van der Waals surface area (Å²) < 4.78 is 26.1. The van der Waals surface area contributed by atoms with E-state index in [1.165, 1.54) is 12.5 Å². The van der Waals surface area contributed by atoms with E-state index < -0.39 is 6.10 Å². The van der Waals surface area contributed by atoms with Gasteiger partial charge in [-0.15, -0.1) is 0 Å². The molecule has 29 heavy (non-hydrogen) atoms. The van der Waals surface area contributed by atoms with Crippen LogP contribution in [0.1, 0.15) is 44.1 Å². The summed E-state index contributed by atoms with van der Waals surface area (Å²) in [5, 5.41) is 13.3. The minimum absolute atomic E-state index is 0.0236. The number of aliphatic hydroxyl groups is 1. The number of β-amino-alcohol motifs (C(OH)–C–C–N with tert-alkyl or cyclic N) is 1. The van der Waals surface area contributed by atoms with Crippen molar-refractivity contribution in [3.05, 3.63) is 35.6 Å². The summed E-state index contributed by atoms with van der Waals surface area (Å²) in [6.45, 7) is 1.43. The van der Waals surface area contributed by atoms with Gasteiger partial charge in [0, 0.05) is 30.7 Å². The molecule has 7 heteroatoms. The second-order valence-electron chi connectivity index (χ2n) is 8.55. The van der Waals surface area contributed by atoms with Crippen molar-refractivity contribution in [3.63, 3.8) is 0 Å². The number of ether oxygens (including phenoxy) is 2. The van der Waals surface area contributed by atoms with Gasteiger partial charge in [0.15, 0.2) is 0 Å². The van der Waals surface area contributed by atoms with Crippen LogP contribution in [0.5, 0.6) is 0 Å². The Balaban J connectivity index is 1.40. The van der Waals surface area contributed by atoms with Crippen molar-refractivity contribution in [2.45, 2.75) is 75.5 Å². The van der Waals surface area contributed by atoms with Gasteiger partial charge in [0.05, 0.1) is 37.9 Å². The number of carbonyl (C=O) groups is 1. The monoisotopic (exact) mass is 406 g/mol. The summed E-state index contributed by atoms with van der Waals surface area (Å²) in [6.07, 6.45) is 4.37. The fraction of sp³-hybridized carbons (Fsp3) is 0.682. The third kappa shape index (κ3) is 5.34. The maximum absolute atomic E-state index is 14.2. The number of hydrogen-bond donors (Lipinski definition) is 2. The smallest absolute Gasteiger partial charge is 0.222 e. The van der Waals surface area contributed by atoms with Crippen LogP contribution in [-0.4, -0.2) is 66.1 Å². The van der Waals surface area contributed by atoms with Crippen molar-refractivity contribution < 1.29 is 23.8 Å². The fourth-order valence-electron chi connectivity index (χ4n) is 4.52. The molecule has 0 unspecified atom stereocenters. The molecule has 0 aromatic heterocycles. The quantitative estimate of drug-likeness (QED) is 0.783. The van der Waals surface area contributed by atoms with Crippen LogP contribution in [0.2, 0.25) is 0 Å². The lowest BCUT2D eigenvalue weighted by Gasteiger charge is -2.44. The number of rotatable bonds is 5. The molecule has 0 spiro atoms. The number of nitrogens with zero attached hydrogens (tertiary/aromatic N) is 1. The van der Waals surface area contributed by atoms with Crippen molar-refractivity contribution in [1.82, 2.24) is 10.2 Å². The largest absolute Gasteiger partial charge is 0.389 e. The first-order valence-electron chi connectivity index (χ1n) is 10.8. The van der Waals surface area contributed by atoms with Gasteiger partial charge in [-0.3, -0.25) is 9.69 Å². The molecule has 2 heterocycles. The molecule has 6 nitrogen and oxygen atoms in total. The van der Waals surface area contributed by atoms with Gasteiger partial charge >= 0.3 is 0 Å². The highest BCUT2D eigenvalue weighted by molar-refractivity contribution is 5.76. The molecule has 1 aromatic carbocycles. The van der Waals surface area contributed by atoms with Crippen LogP contribution in [0.15, 0.2) is 24.3 Å². The molecule has 1 saturated carbocycles. The maximum Gasteiger partial charge on any atom is 0.222 e. The summed E-state index contributed by atoms with van der Waals surface area (Å²) in [4.78, 5) is 14.4. The van der Waals surface area contributed by atoms with Gasteiger partial charge in [-0.2, -0.15) is 0 Å². The van der Waals surface area contributed by atoms with Crippen molar-refractivity contribution in [1.29, 1.82) is 0 Å². The topological polar surface area (TPSA) is 71.0 Å². The minimum atomic E-state index is -0.617. The van der Waals surface area contributed by atoms with E-state index in [9.17, 15) is 14.3 Å². The zero-order valence-electron chi connectivity index (χ0n) is 16.8. The number of benzene rings is 1. The average molecular weight is 406 g/mol. The molecule has 4 atom stereocenters. The molecule has 4 rings (SSSR count). The lowest BCUT2D eigenvalue weighted by atomic mass is 9.92. The molecular formula is C22H31FN2O4. The number of hydrogen-bond acceptors (Lipinski definition) is 5. The number of carbonyl (C=O) groups excluding carboxylic acids is 1. The lowest BCUT2D eigenvalue weighted by molar-refractivity contribution is -0.158. The molecule has 0 radical (unpaired) electrons. The minimum Gasteiger partial charge on any atom is -0.389 e. The van der Waals surface area contributed by atoms with E-state index in [4.69, 9.17) is 9.47 Å². The first kappa shape index (κ1) is 20.7. The van der Waals surface area contributed by atoms with E-state index in [1.807, 2.05) is 6.07 Å². The zero-order valence-corrected chi connectivity index (χ0v) is 16.8. The number of halogens is 1. The number of fused-ring (bicyclic) bond motifs is 1. The van der Waals surface area contributed by atoms with E-state index in [-0.39, 0.29) is 36.6 Å². The molecule has 2 N–H and O–H groups in total. The lowest BCUT2D eigenvalue weighted by Crippen LogP contribution is -2.55. The van der Waals surface area contributed by atoms with Crippen molar-refractivity contribution in [3.8, 4) is 0 Å². The highest BCUT2D eigenvalue weighted by atomic mass is 19.1. The third-order valence-corrected chi connectivity index (χ3v) is 6.30. The normalized spacial score (nSPS) is 31.2. The van der Waals surface area contributed by atoms with Crippen molar-refractivity contribution in [2.75, 3.05) is 19.8 Å². The van der Waals surface area contributed by atoms with Crippen LogP contribution in [0, 0.1) is 5.82 Å². The molecular weight excluding hydrogens is 375 g/mol. The van der Waals surface area contributed by atoms with Gasteiger partial charge in [0.25, 0.3) is 0 Å². The Morgan fingerprint density at radius 2 is 2.03 bits per heavy atom. The third-order valence-electron chi connectivity index (χ3n) is 6.30. The molecule has 0 bridgehead atoms. The molecule has 1 aromatic rings. The summed E-state index contributed by atoms with van der Waals surface area (Å²) in [7, 11) is 0. The van der Waals surface area contributed by atoms with Crippen LogP contribution in [0.25, 0.3) is 0 Å². The predicted octanol–water partition coefficient (Wildman–Crippen LogP) is 1.99. The maximum atomic E-state index is 14.2. The second kappa shape index (κ2) is 9.51. The number of aliphatic hydroxyl groups excluding tert-OH is 1.